The third kappa shape index (κ3) is 2.75. The molecule has 0 aliphatic rings. The second-order valence-electron chi connectivity index (χ2n) is 4.09. The SMILES string of the molecule is CCCNCc1oc2c(Br)cc(Br)cc2c1C. The lowest BCUT2D eigenvalue weighted by molar-refractivity contribution is 0.509. The first kappa shape index (κ1) is 13.1. The van der Waals surface area contributed by atoms with Crippen molar-refractivity contribution in [1.82, 2.24) is 5.32 Å². The maximum Gasteiger partial charge on any atom is 0.148 e. The molecule has 1 N–H and O–H groups in total. The second-order valence-corrected chi connectivity index (χ2v) is 5.86. The molecule has 2 nitrogen and oxygen atoms in total. The first-order chi connectivity index (χ1) is 8.13. The average Bonchev–Trinajstić information content (AvgIpc) is 2.58. The summed E-state index contributed by atoms with van der Waals surface area (Å²) in [6.45, 7) is 6.07. The molecule has 0 bridgehead atoms. The molecular formula is C13H15Br2NO. The van der Waals surface area contributed by atoms with Gasteiger partial charge in [0.2, 0.25) is 0 Å². The molecule has 0 atom stereocenters. The Morgan fingerprint density at radius 3 is 2.76 bits per heavy atom. The van der Waals surface area contributed by atoms with E-state index in [2.05, 4.69) is 57.1 Å². The Morgan fingerprint density at radius 2 is 2.06 bits per heavy atom. The van der Waals surface area contributed by atoms with Crippen LogP contribution in [0.5, 0.6) is 0 Å². The Labute approximate surface area is 118 Å². The van der Waals surface area contributed by atoms with Gasteiger partial charge in [-0.25, -0.2) is 0 Å². The molecule has 2 rings (SSSR count). The number of halogens is 2. The van der Waals surface area contributed by atoms with Gasteiger partial charge in [-0.2, -0.15) is 0 Å². The third-order valence-electron chi connectivity index (χ3n) is 2.77. The van der Waals surface area contributed by atoms with Crippen molar-refractivity contribution in [2.45, 2.75) is 26.8 Å². The van der Waals surface area contributed by atoms with Gasteiger partial charge in [-0.05, 0) is 53.5 Å². The molecule has 17 heavy (non-hydrogen) atoms. The highest BCUT2D eigenvalue weighted by Gasteiger charge is 2.13. The molecule has 0 spiro atoms. The van der Waals surface area contributed by atoms with Gasteiger partial charge < -0.3 is 9.73 Å². The van der Waals surface area contributed by atoms with Crippen LogP contribution < -0.4 is 5.32 Å². The van der Waals surface area contributed by atoms with E-state index >= 15 is 0 Å². The van der Waals surface area contributed by atoms with Crippen LogP contribution >= 0.6 is 31.9 Å². The van der Waals surface area contributed by atoms with Crippen molar-refractivity contribution in [3.05, 3.63) is 32.4 Å². The maximum absolute atomic E-state index is 5.90. The van der Waals surface area contributed by atoms with Crippen molar-refractivity contribution in [1.29, 1.82) is 0 Å². The summed E-state index contributed by atoms with van der Waals surface area (Å²) in [5.74, 6) is 1.02. The Morgan fingerprint density at radius 1 is 1.29 bits per heavy atom. The summed E-state index contributed by atoms with van der Waals surface area (Å²) in [7, 11) is 0. The second kappa shape index (κ2) is 5.55. The van der Waals surface area contributed by atoms with Crippen molar-refractivity contribution in [2.24, 2.45) is 0 Å². The monoisotopic (exact) mass is 359 g/mol. The van der Waals surface area contributed by atoms with Gasteiger partial charge in [0, 0.05) is 9.86 Å². The third-order valence-corrected chi connectivity index (χ3v) is 3.82. The zero-order valence-electron chi connectivity index (χ0n) is 9.94. The fraction of sp³-hybridized carbons (Fsp3) is 0.385. The summed E-state index contributed by atoms with van der Waals surface area (Å²) >= 11 is 7.04. The van der Waals surface area contributed by atoms with E-state index in [4.69, 9.17) is 4.42 Å². The van der Waals surface area contributed by atoms with Crippen LogP contribution in [-0.4, -0.2) is 6.54 Å². The largest absolute Gasteiger partial charge is 0.458 e. The number of hydrogen-bond acceptors (Lipinski definition) is 2. The molecule has 0 amide bonds. The summed E-state index contributed by atoms with van der Waals surface area (Å²) < 4.78 is 7.96. The van der Waals surface area contributed by atoms with Crippen LogP contribution in [0.2, 0.25) is 0 Å². The molecule has 0 saturated carbocycles. The van der Waals surface area contributed by atoms with Crippen LogP contribution in [0.3, 0.4) is 0 Å². The zero-order chi connectivity index (χ0) is 12.4. The predicted molar refractivity (Wildman–Crippen MR) is 78.3 cm³/mol. The normalized spacial score (nSPS) is 11.3. The lowest BCUT2D eigenvalue weighted by Gasteiger charge is -2.00. The smallest absolute Gasteiger partial charge is 0.148 e. The fourth-order valence-electron chi connectivity index (χ4n) is 1.84. The molecule has 0 aliphatic carbocycles. The standard InChI is InChI=1S/C13H15Br2NO/c1-3-4-16-7-12-8(2)10-5-9(14)6-11(15)13(10)17-12/h5-6,16H,3-4,7H2,1-2H3. The molecule has 4 heteroatoms. The zero-order valence-corrected chi connectivity index (χ0v) is 13.1. The van der Waals surface area contributed by atoms with Crippen LogP contribution in [0, 0.1) is 6.92 Å². The minimum absolute atomic E-state index is 0.790. The Kier molecular flexibility index (Phi) is 4.28. The van der Waals surface area contributed by atoms with Crippen molar-refractivity contribution in [2.75, 3.05) is 6.54 Å². The molecule has 0 unspecified atom stereocenters. The molecule has 0 aliphatic heterocycles. The van der Waals surface area contributed by atoms with Gasteiger partial charge in [0.25, 0.3) is 0 Å². The van der Waals surface area contributed by atoms with E-state index in [1.165, 1.54) is 10.9 Å². The van der Waals surface area contributed by atoms with E-state index in [0.29, 0.717) is 0 Å². The molecular weight excluding hydrogens is 346 g/mol. The van der Waals surface area contributed by atoms with Crippen LogP contribution in [-0.2, 0) is 6.54 Å². The number of rotatable bonds is 4. The van der Waals surface area contributed by atoms with Crippen LogP contribution in [0.25, 0.3) is 11.0 Å². The number of nitrogens with one attached hydrogen (secondary N) is 1. The van der Waals surface area contributed by atoms with Crippen LogP contribution in [0.1, 0.15) is 24.7 Å². The van der Waals surface area contributed by atoms with Gasteiger partial charge in [0.15, 0.2) is 0 Å². The van der Waals surface area contributed by atoms with Gasteiger partial charge in [-0.3, -0.25) is 0 Å². The molecule has 0 saturated heterocycles. The minimum atomic E-state index is 0.790. The molecule has 1 heterocycles. The lowest BCUT2D eigenvalue weighted by Crippen LogP contribution is -2.13. The van der Waals surface area contributed by atoms with Crippen molar-refractivity contribution >= 4 is 42.8 Å². The molecule has 1 aromatic carbocycles. The average molecular weight is 361 g/mol. The molecule has 0 fully saturated rings. The van der Waals surface area contributed by atoms with Gasteiger partial charge in [0.05, 0.1) is 11.0 Å². The lowest BCUT2D eigenvalue weighted by atomic mass is 10.1. The highest BCUT2D eigenvalue weighted by Crippen LogP contribution is 2.33. The maximum atomic E-state index is 5.90. The number of fused-ring (bicyclic) bond motifs is 1. The number of furan rings is 1. The summed E-state index contributed by atoms with van der Waals surface area (Å²) in [5, 5.41) is 4.53. The van der Waals surface area contributed by atoms with E-state index in [1.54, 1.807) is 0 Å². The highest BCUT2D eigenvalue weighted by atomic mass is 79.9. The van der Waals surface area contributed by atoms with E-state index in [0.717, 1.165) is 39.8 Å². The highest BCUT2D eigenvalue weighted by molar-refractivity contribution is 9.11. The topological polar surface area (TPSA) is 25.2 Å². The molecule has 1 aromatic heterocycles. The summed E-state index contributed by atoms with van der Waals surface area (Å²) in [6, 6.07) is 4.11. The number of hydrogen-bond donors (Lipinski definition) is 1. The fourth-order valence-corrected chi connectivity index (χ4v) is 3.15. The summed E-state index contributed by atoms with van der Waals surface area (Å²) in [6.07, 6.45) is 1.13. The number of aryl methyl sites for hydroxylation is 1. The molecule has 92 valence electrons. The molecule has 0 radical (unpaired) electrons. The van der Waals surface area contributed by atoms with Gasteiger partial charge in [0.1, 0.15) is 11.3 Å². The van der Waals surface area contributed by atoms with Crippen LogP contribution in [0.4, 0.5) is 0 Å². The minimum Gasteiger partial charge on any atom is -0.458 e. The summed E-state index contributed by atoms with van der Waals surface area (Å²) in [4.78, 5) is 0. The Hall–Kier alpha value is -0.320. The Balaban J connectivity index is 2.39. The first-order valence-electron chi connectivity index (χ1n) is 5.71. The van der Waals surface area contributed by atoms with Crippen LogP contribution in [0.15, 0.2) is 25.5 Å². The van der Waals surface area contributed by atoms with Crippen molar-refractivity contribution in [3.63, 3.8) is 0 Å². The van der Waals surface area contributed by atoms with E-state index in [9.17, 15) is 0 Å². The Bertz CT molecular complexity index is 534. The van der Waals surface area contributed by atoms with Crippen molar-refractivity contribution < 1.29 is 4.42 Å². The van der Waals surface area contributed by atoms with E-state index in [-0.39, 0.29) is 0 Å². The molecule has 2 aromatic rings. The van der Waals surface area contributed by atoms with Gasteiger partial charge >= 0.3 is 0 Å². The van der Waals surface area contributed by atoms with E-state index in [1.807, 2.05) is 6.07 Å². The number of benzene rings is 1. The van der Waals surface area contributed by atoms with Gasteiger partial charge in [-0.15, -0.1) is 0 Å². The quantitative estimate of drug-likeness (QED) is 0.794. The van der Waals surface area contributed by atoms with Gasteiger partial charge in [-0.1, -0.05) is 22.9 Å². The van der Waals surface area contributed by atoms with Crippen molar-refractivity contribution in [3.8, 4) is 0 Å². The predicted octanol–water partition coefficient (Wildman–Crippen LogP) is 4.77. The first-order valence-corrected chi connectivity index (χ1v) is 7.29. The van der Waals surface area contributed by atoms with E-state index < -0.39 is 0 Å². The summed E-state index contributed by atoms with van der Waals surface area (Å²) in [5.41, 5.74) is 2.14.